The van der Waals surface area contributed by atoms with Gasteiger partial charge in [-0.15, -0.1) is 0 Å². The number of amides is 1. The monoisotopic (exact) mass is 348 g/mol. The summed E-state index contributed by atoms with van der Waals surface area (Å²) in [5, 5.41) is 2.47. The summed E-state index contributed by atoms with van der Waals surface area (Å²) in [5.41, 5.74) is 0.999. The van der Waals surface area contributed by atoms with Crippen molar-refractivity contribution in [2.75, 3.05) is 12.4 Å². The van der Waals surface area contributed by atoms with Gasteiger partial charge in [0.25, 0.3) is 11.7 Å². The van der Waals surface area contributed by atoms with Crippen molar-refractivity contribution in [3.63, 3.8) is 0 Å². The minimum atomic E-state index is -1.08. The molecule has 6 nitrogen and oxygen atoms in total. The normalized spacial score (nSPS) is 12.6. The lowest BCUT2D eigenvalue weighted by Gasteiger charge is -2.06. The van der Waals surface area contributed by atoms with Crippen LogP contribution < -0.4 is 5.32 Å². The van der Waals surface area contributed by atoms with Crippen LogP contribution in [0.1, 0.15) is 33.0 Å². The Balaban J connectivity index is 1.92. The lowest BCUT2D eigenvalue weighted by molar-refractivity contribution is -0.135. The molecule has 0 bridgehead atoms. The average molecular weight is 348 g/mol. The SMILES string of the molecule is COC(=O)C(=O)c1cc(C(=O)Nc2ccc(F)c(F)c2)c2n1CCC2. The molecule has 130 valence electrons. The molecular formula is C17H14F2N2O4. The van der Waals surface area contributed by atoms with Gasteiger partial charge >= 0.3 is 5.97 Å². The second-order valence-electron chi connectivity index (χ2n) is 5.55. The number of Topliss-reactive ketones (excluding diaryl/α,β-unsaturated/α-hetero) is 1. The van der Waals surface area contributed by atoms with E-state index in [4.69, 9.17) is 0 Å². The maximum atomic E-state index is 13.3. The van der Waals surface area contributed by atoms with Crippen molar-refractivity contribution in [2.45, 2.75) is 19.4 Å². The number of hydrogen-bond donors (Lipinski definition) is 1. The first-order valence-electron chi connectivity index (χ1n) is 7.54. The molecule has 1 N–H and O–H groups in total. The van der Waals surface area contributed by atoms with Crippen LogP contribution in [0.4, 0.5) is 14.5 Å². The summed E-state index contributed by atoms with van der Waals surface area (Å²) < 4.78 is 32.3. The van der Waals surface area contributed by atoms with Crippen LogP contribution in [0.2, 0.25) is 0 Å². The Kier molecular flexibility index (Phi) is 4.35. The second-order valence-corrected chi connectivity index (χ2v) is 5.55. The van der Waals surface area contributed by atoms with Gasteiger partial charge in [0.15, 0.2) is 11.6 Å². The van der Waals surface area contributed by atoms with Gasteiger partial charge in [-0.2, -0.15) is 0 Å². The summed E-state index contributed by atoms with van der Waals surface area (Å²) in [5.74, 6) is -4.52. The summed E-state index contributed by atoms with van der Waals surface area (Å²) in [6.45, 7) is 0.506. The summed E-state index contributed by atoms with van der Waals surface area (Å²) in [4.78, 5) is 36.1. The van der Waals surface area contributed by atoms with Gasteiger partial charge in [-0.3, -0.25) is 9.59 Å². The van der Waals surface area contributed by atoms with E-state index < -0.39 is 29.3 Å². The zero-order chi connectivity index (χ0) is 18.1. The van der Waals surface area contributed by atoms with Gasteiger partial charge in [-0.1, -0.05) is 0 Å². The van der Waals surface area contributed by atoms with E-state index in [0.29, 0.717) is 18.7 Å². The number of aromatic nitrogens is 1. The standard InChI is InChI=1S/C17H14F2N2O4/c1-25-17(24)15(22)14-8-10(13-3-2-6-21(13)14)16(23)20-9-4-5-11(18)12(19)7-9/h4-5,7-8H,2-3,6H2,1H3,(H,20,23). The van der Waals surface area contributed by atoms with Crippen molar-refractivity contribution in [3.8, 4) is 0 Å². The van der Waals surface area contributed by atoms with E-state index in [2.05, 4.69) is 10.1 Å². The largest absolute Gasteiger partial charge is 0.463 e. The van der Waals surface area contributed by atoms with Gasteiger partial charge in [-0.05, 0) is 31.0 Å². The molecule has 1 amide bonds. The highest BCUT2D eigenvalue weighted by Gasteiger charge is 2.29. The number of nitrogens with one attached hydrogen (secondary N) is 1. The smallest absolute Gasteiger partial charge is 0.381 e. The Labute approximate surface area is 141 Å². The Morgan fingerprint density at radius 1 is 1.16 bits per heavy atom. The van der Waals surface area contributed by atoms with Crippen molar-refractivity contribution < 1.29 is 27.9 Å². The number of esters is 1. The number of halogens is 2. The Morgan fingerprint density at radius 2 is 1.92 bits per heavy atom. The van der Waals surface area contributed by atoms with E-state index in [1.807, 2.05) is 0 Å². The molecule has 0 unspecified atom stereocenters. The van der Waals surface area contributed by atoms with Gasteiger partial charge in [0, 0.05) is 24.0 Å². The fourth-order valence-electron chi connectivity index (χ4n) is 2.87. The molecule has 3 rings (SSSR count). The van der Waals surface area contributed by atoms with Crippen molar-refractivity contribution in [1.29, 1.82) is 0 Å². The molecule has 0 atom stereocenters. The van der Waals surface area contributed by atoms with Crippen LogP contribution in [-0.4, -0.2) is 29.3 Å². The number of anilines is 1. The Hall–Kier alpha value is -3.03. The molecule has 1 aliphatic rings. The molecule has 0 radical (unpaired) electrons. The lowest BCUT2D eigenvalue weighted by Crippen LogP contribution is -2.19. The fourth-order valence-corrected chi connectivity index (χ4v) is 2.87. The first-order chi connectivity index (χ1) is 11.9. The third kappa shape index (κ3) is 3.02. The van der Waals surface area contributed by atoms with E-state index in [0.717, 1.165) is 25.7 Å². The number of rotatable bonds is 4. The molecule has 1 aliphatic heterocycles. The maximum absolute atomic E-state index is 13.3. The van der Waals surface area contributed by atoms with Crippen LogP contribution in [0.25, 0.3) is 0 Å². The zero-order valence-corrected chi connectivity index (χ0v) is 13.3. The Bertz CT molecular complexity index is 889. The van der Waals surface area contributed by atoms with E-state index in [1.54, 1.807) is 4.57 Å². The minimum Gasteiger partial charge on any atom is -0.463 e. The number of carbonyl (C=O) groups is 3. The van der Waals surface area contributed by atoms with Gasteiger partial charge in [0.2, 0.25) is 0 Å². The number of carbonyl (C=O) groups excluding carboxylic acids is 3. The molecule has 0 fully saturated rings. The van der Waals surface area contributed by atoms with Crippen LogP contribution in [0, 0.1) is 11.6 Å². The van der Waals surface area contributed by atoms with Crippen molar-refractivity contribution >= 4 is 23.3 Å². The molecule has 1 aromatic heterocycles. The van der Waals surface area contributed by atoms with Gasteiger partial charge in [-0.25, -0.2) is 13.6 Å². The summed E-state index contributed by atoms with van der Waals surface area (Å²) >= 11 is 0. The number of hydrogen-bond acceptors (Lipinski definition) is 4. The molecule has 8 heteroatoms. The van der Waals surface area contributed by atoms with Crippen LogP contribution >= 0.6 is 0 Å². The molecule has 0 saturated heterocycles. The average Bonchev–Trinajstić information content (AvgIpc) is 3.19. The first-order valence-corrected chi connectivity index (χ1v) is 7.54. The van der Waals surface area contributed by atoms with Crippen molar-refractivity contribution in [1.82, 2.24) is 4.57 Å². The van der Waals surface area contributed by atoms with Crippen LogP contribution in [0.15, 0.2) is 24.3 Å². The molecule has 2 heterocycles. The molecule has 0 aliphatic carbocycles. The summed E-state index contributed by atoms with van der Waals surface area (Å²) in [6, 6.07) is 4.32. The molecule has 25 heavy (non-hydrogen) atoms. The minimum absolute atomic E-state index is 0.0785. The predicted molar refractivity (Wildman–Crippen MR) is 83.4 cm³/mol. The molecule has 0 saturated carbocycles. The topological polar surface area (TPSA) is 77.4 Å². The molecular weight excluding hydrogens is 334 g/mol. The number of benzene rings is 1. The van der Waals surface area contributed by atoms with Gasteiger partial charge in [0.1, 0.15) is 0 Å². The number of ether oxygens (including phenoxy) is 1. The van der Waals surface area contributed by atoms with E-state index in [1.165, 1.54) is 12.1 Å². The lowest BCUT2D eigenvalue weighted by atomic mass is 10.1. The predicted octanol–water partition coefficient (Wildman–Crippen LogP) is 2.32. The summed E-state index contributed by atoms with van der Waals surface area (Å²) in [6.07, 6.45) is 1.29. The second kappa shape index (κ2) is 6.46. The number of methoxy groups -OCH3 is 1. The number of nitrogens with zero attached hydrogens (tertiary/aromatic N) is 1. The van der Waals surface area contributed by atoms with E-state index in [9.17, 15) is 23.2 Å². The highest BCUT2D eigenvalue weighted by molar-refractivity contribution is 6.40. The third-order valence-corrected chi connectivity index (χ3v) is 4.03. The highest BCUT2D eigenvalue weighted by atomic mass is 19.2. The van der Waals surface area contributed by atoms with Crippen LogP contribution in [0.3, 0.4) is 0 Å². The van der Waals surface area contributed by atoms with Gasteiger partial charge < -0.3 is 14.6 Å². The first kappa shape index (κ1) is 16.8. The zero-order valence-electron chi connectivity index (χ0n) is 13.3. The van der Waals surface area contributed by atoms with Crippen LogP contribution in [-0.2, 0) is 22.5 Å². The van der Waals surface area contributed by atoms with Crippen LogP contribution in [0.5, 0.6) is 0 Å². The molecule has 0 spiro atoms. The number of fused-ring (bicyclic) bond motifs is 1. The van der Waals surface area contributed by atoms with E-state index >= 15 is 0 Å². The molecule has 2 aromatic rings. The Morgan fingerprint density at radius 3 is 2.60 bits per heavy atom. The molecule has 1 aromatic carbocycles. The quantitative estimate of drug-likeness (QED) is 0.523. The maximum Gasteiger partial charge on any atom is 0.381 e. The summed E-state index contributed by atoms with van der Waals surface area (Å²) in [7, 11) is 1.10. The van der Waals surface area contributed by atoms with Gasteiger partial charge in [0.05, 0.1) is 18.4 Å². The third-order valence-electron chi connectivity index (χ3n) is 4.03. The van der Waals surface area contributed by atoms with E-state index in [-0.39, 0.29) is 16.9 Å². The van der Waals surface area contributed by atoms with Crippen molar-refractivity contribution in [2.24, 2.45) is 0 Å². The fraction of sp³-hybridized carbons (Fsp3) is 0.235. The highest BCUT2D eigenvalue weighted by Crippen LogP contribution is 2.26. The number of ketones is 1. The van der Waals surface area contributed by atoms with Crippen molar-refractivity contribution in [3.05, 3.63) is 52.9 Å².